The number of hydrogen-bond donors (Lipinski definition) is 1. The van der Waals surface area contributed by atoms with E-state index in [-0.39, 0.29) is 5.92 Å². The fourth-order valence-electron chi connectivity index (χ4n) is 1.59. The van der Waals surface area contributed by atoms with Gasteiger partial charge in [-0.1, -0.05) is 19.1 Å². The van der Waals surface area contributed by atoms with Gasteiger partial charge in [0.1, 0.15) is 5.01 Å². The molecule has 1 unspecified atom stereocenters. The highest BCUT2D eigenvalue weighted by molar-refractivity contribution is 7.15. The van der Waals surface area contributed by atoms with Crippen LogP contribution in [0.2, 0.25) is 0 Å². The lowest BCUT2D eigenvalue weighted by molar-refractivity contribution is -0.137. The van der Waals surface area contributed by atoms with Crippen molar-refractivity contribution >= 4 is 11.3 Å². The summed E-state index contributed by atoms with van der Waals surface area (Å²) < 4.78 is 37.9. The summed E-state index contributed by atoms with van der Waals surface area (Å²) in [5.74, 6) is 0.164. The molecule has 6 heteroatoms. The van der Waals surface area contributed by atoms with Crippen LogP contribution in [0.3, 0.4) is 0 Å². The molecular formula is C13H13F3N2S. The van der Waals surface area contributed by atoms with Crippen LogP contribution < -0.4 is 5.73 Å². The Morgan fingerprint density at radius 2 is 2.11 bits per heavy atom. The van der Waals surface area contributed by atoms with Crippen molar-refractivity contribution in [1.82, 2.24) is 4.98 Å². The van der Waals surface area contributed by atoms with Gasteiger partial charge in [0.25, 0.3) is 0 Å². The van der Waals surface area contributed by atoms with Crippen LogP contribution in [0.4, 0.5) is 13.2 Å². The van der Waals surface area contributed by atoms with Crippen molar-refractivity contribution in [3.8, 4) is 10.6 Å². The number of aromatic nitrogens is 1. The molecule has 1 heterocycles. The van der Waals surface area contributed by atoms with E-state index < -0.39 is 11.7 Å². The number of alkyl halides is 3. The third-order valence-corrected chi connectivity index (χ3v) is 4.08. The van der Waals surface area contributed by atoms with Crippen LogP contribution in [0, 0.1) is 0 Å². The molecule has 19 heavy (non-hydrogen) atoms. The zero-order valence-electron chi connectivity index (χ0n) is 10.2. The Morgan fingerprint density at radius 3 is 2.74 bits per heavy atom. The molecule has 0 amide bonds. The molecule has 0 aliphatic carbocycles. The van der Waals surface area contributed by atoms with E-state index in [1.165, 1.54) is 17.4 Å². The van der Waals surface area contributed by atoms with Gasteiger partial charge in [-0.15, -0.1) is 11.3 Å². The number of hydrogen-bond acceptors (Lipinski definition) is 3. The minimum Gasteiger partial charge on any atom is -0.330 e. The maximum Gasteiger partial charge on any atom is 0.416 e. The van der Waals surface area contributed by atoms with Crippen LogP contribution in [0.25, 0.3) is 10.6 Å². The monoisotopic (exact) mass is 286 g/mol. The highest BCUT2D eigenvalue weighted by Gasteiger charge is 2.30. The van der Waals surface area contributed by atoms with E-state index in [0.29, 0.717) is 17.1 Å². The summed E-state index contributed by atoms with van der Waals surface area (Å²) in [5.41, 5.74) is 5.39. The number of rotatable bonds is 3. The van der Waals surface area contributed by atoms with E-state index in [4.69, 9.17) is 5.73 Å². The first-order valence-corrected chi connectivity index (χ1v) is 6.57. The second kappa shape index (κ2) is 5.30. The van der Waals surface area contributed by atoms with E-state index in [2.05, 4.69) is 4.98 Å². The zero-order valence-corrected chi connectivity index (χ0v) is 11.1. The number of benzene rings is 1. The molecule has 102 valence electrons. The zero-order chi connectivity index (χ0) is 14.0. The maximum absolute atomic E-state index is 12.6. The lowest BCUT2D eigenvalue weighted by Gasteiger charge is -2.07. The second-order valence-electron chi connectivity index (χ2n) is 4.28. The first-order chi connectivity index (χ1) is 8.91. The molecule has 2 nitrogen and oxygen atoms in total. The SMILES string of the molecule is CC(CN)c1cnc(-c2cccc(C(F)(F)F)c2)s1. The van der Waals surface area contributed by atoms with Crippen molar-refractivity contribution in [3.63, 3.8) is 0 Å². The van der Waals surface area contributed by atoms with Gasteiger partial charge in [0.05, 0.1) is 5.56 Å². The van der Waals surface area contributed by atoms with Crippen molar-refractivity contribution in [2.75, 3.05) is 6.54 Å². The van der Waals surface area contributed by atoms with E-state index in [9.17, 15) is 13.2 Å². The van der Waals surface area contributed by atoms with E-state index in [1.54, 1.807) is 12.3 Å². The number of halogens is 3. The topological polar surface area (TPSA) is 38.9 Å². The Hall–Kier alpha value is -1.40. The van der Waals surface area contributed by atoms with Crippen molar-refractivity contribution in [2.24, 2.45) is 5.73 Å². The molecule has 1 atom stereocenters. The highest BCUT2D eigenvalue weighted by Crippen LogP contribution is 2.34. The summed E-state index contributed by atoms with van der Waals surface area (Å²) in [5, 5.41) is 0.585. The van der Waals surface area contributed by atoms with Crippen molar-refractivity contribution in [2.45, 2.75) is 19.0 Å². The predicted molar refractivity (Wildman–Crippen MR) is 70.0 cm³/mol. The summed E-state index contributed by atoms with van der Waals surface area (Å²) in [6, 6.07) is 5.20. The van der Waals surface area contributed by atoms with Crippen LogP contribution in [0.1, 0.15) is 23.3 Å². The van der Waals surface area contributed by atoms with Gasteiger partial charge in [0, 0.05) is 22.6 Å². The Kier molecular flexibility index (Phi) is 3.91. The van der Waals surface area contributed by atoms with Gasteiger partial charge in [-0.05, 0) is 18.7 Å². The second-order valence-corrected chi connectivity index (χ2v) is 5.35. The first-order valence-electron chi connectivity index (χ1n) is 5.75. The number of thiazole rings is 1. The average molecular weight is 286 g/mol. The molecule has 2 aromatic rings. The van der Waals surface area contributed by atoms with E-state index in [0.717, 1.165) is 17.0 Å². The van der Waals surface area contributed by atoms with Crippen LogP contribution in [0.15, 0.2) is 30.5 Å². The van der Waals surface area contributed by atoms with Gasteiger partial charge in [-0.25, -0.2) is 4.98 Å². The van der Waals surface area contributed by atoms with Crippen molar-refractivity contribution < 1.29 is 13.2 Å². The van der Waals surface area contributed by atoms with Gasteiger partial charge in [-0.3, -0.25) is 0 Å². The smallest absolute Gasteiger partial charge is 0.330 e. The number of nitrogens with two attached hydrogens (primary N) is 1. The third kappa shape index (κ3) is 3.13. The van der Waals surface area contributed by atoms with Gasteiger partial charge in [0.2, 0.25) is 0 Å². The molecule has 0 bridgehead atoms. The molecule has 0 aliphatic rings. The quantitative estimate of drug-likeness (QED) is 0.929. The third-order valence-electron chi connectivity index (χ3n) is 2.80. The van der Waals surface area contributed by atoms with E-state index >= 15 is 0 Å². The van der Waals surface area contributed by atoms with Crippen LogP contribution in [0.5, 0.6) is 0 Å². The molecule has 0 saturated heterocycles. The normalized spacial score (nSPS) is 13.5. The molecule has 0 saturated carbocycles. The summed E-state index contributed by atoms with van der Waals surface area (Å²) in [6.07, 6.45) is -2.65. The Balaban J connectivity index is 2.34. The average Bonchev–Trinajstić information content (AvgIpc) is 2.86. The molecule has 0 radical (unpaired) electrons. The molecule has 0 fully saturated rings. The summed E-state index contributed by atoms with van der Waals surface area (Å²) >= 11 is 1.38. The van der Waals surface area contributed by atoms with Gasteiger partial charge < -0.3 is 5.73 Å². The first kappa shape index (κ1) is 14.0. The molecule has 0 spiro atoms. The molecule has 2 N–H and O–H groups in total. The van der Waals surface area contributed by atoms with Gasteiger partial charge in [-0.2, -0.15) is 13.2 Å². The van der Waals surface area contributed by atoms with Crippen molar-refractivity contribution in [3.05, 3.63) is 40.9 Å². The molecular weight excluding hydrogens is 273 g/mol. The molecule has 1 aromatic carbocycles. The Bertz CT molecular complexity index is 563. The Labute approximate surface area is 113 Å². The van der Waals surface area contributed by atoms with Crippen LogP contribution in [-0.2, 0) is 6.18 Å². The lowest BCUT2D eigenvalue weighted by atomic mass is 10.1. The van der Waals surface area contributed by atoms with Crippen LogP contribution in [-0.4, -0.2) is 11.5 Å². The molecule has 0 aliphatic heterocycles. The molecule has 1 aromatic heterocycles. The number of nitrogens with zero attached hydrogens (tertiary/aromatic N) is 1. The fourth-order valence-corrected chi connectivity index (χ4v) is 2.57. The summed E-state index contributed by atoms with van der Waals surface area (Å²) in [4.78, 5) is 5.16. The summed E-state index contributed by atoms with van der Waals surface area (Å²) in [6.45, 7) is 2.45. The van der Waals surface area contributed by atoms with Crippen molar-refractivity contribution in [1.29, 1.82) is 0 Å². The fraction of sp³-hybridized carbons (Fsp3) is 0.308. The largest absolute Gasteiger partial charge is 0.416 e. The predicted octanol–water partition coefficient (Wildman–Crippen LogP) is 3.89. The highest BCUT2D eigenvalue weighted by atomic mass is 32.1. The Morgan fingerprint density at radius 1 is 1.37 bits per heavy atom. The standard InChI is InChI=1S/C13H13F3N2S/c1-8(6-17)11-7-18-12(19-11)9-3-2-4-10(5-9)13(14,15)16/h2-5,7-8H,6,17H2,1H3. The van der Waals surface area contributed by atoms with Crippen LogP contribution >= 0.6 is 11.3 Å². The minimum absolute atomic E-state index is 0.164. The van der Waals surface area contributed by atoms with E-state index in [1.807, 2.05) is 6.92 Å². The van der Waals surface area contributed by atoms with Gasteiger partial charge in [0.15, 0.2) is 0 Å². The molecule has 2 rings (SSSR count). The minimum atomic E-state index is -4.33. The summed E-state index contributed by atoms with van der Waals surface area (Å²) in [7, 11) is 0. The maximum atomic E-state index is 12.6. The van der Waals surface area contributed by atoms with Gasteiger partial charge >= 0.3 is 6.18 Å². The lowest BCUT2D eigenvalue weighted by Crippen LogP contribution is -2.07.